The van der Waals surface area contributed by atoms with Crippen molar-refractivity contribution >= 4 is 34.6 Å². The van der Waals surface area contributed by atoms with Gasteiger partial charge < -0.3 is 4.90 Å². The van der Waals surface area contributed by atoms with Crippen LogP contribution in [0.5, 0.6) is 0 Å². The number of aromatic nitrogens is 1. The van der Waals surface area contributed by atoms with E-state index in [1.165, 1.54) is 12.1 Å². The Hall–Kier alpha value is -3.50. The van der Waals surface area contributed by atoms with Crippen molar-refractivity contribution in [1.82, 2.24) is 4.98 Å². The SMILES string of the molecule is CC1(C)C(=O)N(c2ccc(C#N)c(C(F)(F)F)c2)C(=S)N1c1ccc(CCCC#N)nc1. The first kappa shape index (κ1) is 23.2. The van der Waals surface area contributed by atoms with Gasteiger partial charge in [-0.25, -0.2) is 0 Å². The van der Waals surface area contributed by atoms with Crippen molar-refractivity contribution in [2.45, 2.75) is 44.8 Å². The summed E-state index contributed by atoms with van der Waals surface area (Å²) < 4.78 is 40.2. The molecular weight excluding hydrogens is 439 g/mol. The highest BCUT2D eigenvalue weighted by Gasteiger charge is 2.50. The number of benzene rings is 1. The van der Waals surface area contributed by atoms with Crippen LogP contribution in [-0.4, -0.2) is 21.5 Å². The molecule has 2 heterocycles. The predicted octanol–water partition coefficient (Wildman–Crippen LogP) is 4.74. The summed E-state index contributed by atoms with van der Waals surface area (Å²) in [6, 6.07) is 10.2. The van der Waals surface area contributed by atoms with Crippen molar-refractivity contribution in [1.29, 1.82) is 10.5 Å². The van der Waals surface area contributed by atoms with E-state index < -0.39 is 28.7 Å². The quantitative estimate of drug-likeness (QED) is 0.477. The Labute approximate surface area is 188 Å². The lowest BCUT2D eigenvalue weighted by Crippen LogP contribution is -2.44. The molecule has 0 spiro atoms. The number of thiocarbonyl (C=S) groups is 1. The third-order valence-electron chi connectivity index (χ3n) is 5.14. The van der Waals surface area contributed by atoms with Crippen molar-refractivity contribution in [2.75, 3.05) is 9.80 Å². The molecule has 2 aromatic rings. The lowest BCUT2D eigenvalue weighted by Gasteiger charge is -2.29. The van der Waals surface area contributed by atoms with E-state index >= 15 is 0 Å². The fourth-order valence-corrected chi connectivity index (χ4v) is 4.03. The molecule has 0 bridgehead atoms. The summed E-state index contributed by atoms with van der Waals surface area (Å²) >= 11 is 5.49. The Bertz CT molecular complexity index is 1150. The topological polar surface area (TPSA) is 84.0 Å². The number of aryl methyl sites for hydroxylation is 1. The minimum absolute atomic E-state index is 0.0110. The molecule has 0 saturated carbocycles. The van der Waals surface area contributed by atoms with Crippen LogP contribution in [0.4, 0.5) is 24.5 Å². The third-order valence-corrected chi connectivity index (χ3v) is 5.51. The molecule has 0 N–H and O–H groups in total. The first-order chi connectivity index (χ1) is 15.0. The summed E-state index contributed by atoms with van der Waals surface area (Å²) in [7, 11) is 0. The second-order valence-electron chi connectivity index (χ2n) is 7.68. The summed E-state index contributed by atoms with van der Waals surface area (Å²) in [5, 5.41) is 17.7. The minimum atomic E-state index is -4.76. The molecule has 32 heavy (non-hydrogen) atoms. The molecule has 3 rings (SSSR count). The van der Waals surface area contributed by atoms with Gasteiger partial charge >= 0.3 is 6.18 Å². The van der Waals surface area contributed by atoms with Gasteiger partial charge in [-0.15, -0.1) is 0 Å². The van der Waals surface area contributed by atoms with Crippen LogP contribution < -0.4 is 9.80 Å². The zero-order chi connectivity index (χ0) is 23.7. The maximum atomic E-state index is 13.4. The van der Waals surface area contributed by atoms with Gasteiger partial charge in [0, 0.05) is 12.1 Å². The molecule has 0 atom stereocenters. The number of hydrogen-bond donors (Lipinski definition) is 0. The van der Waals surface area contributed by atoms with Crippen LogP contribution in [-0.2, 0) is 17.4 Å². The number of nitrogens with zero attached hydrogens (tertiary/aromatic N) is 5. The number of carbonyl (C=O) groups is 1. The van der Waals surface area contributed by atoms with E-state index in [1.807, 2.05) is 0 Å². The van der Waals surface area contributed by atoms with Gasteiger partial charge in [-0.3, -0.25) is 14.7 Å². The van der Waals surface area contributed by atoms with Gasteiger partial charge in [0.2, 0.25) is 0 Å². The monoisotopic (exact) mass is 457 g/mol. The van der Waals surface area contributed by atoms with Crippen molar-refractivity contribution in [3.05, 3.63) is 53.3 Å². The Balaban J connectivity index is 1.97. The maximum absolute atomic E-state index is 13.4. The molecule has 1 aromatic heterocycles. The smallest absolute Gasteiger partial charge is 0.302 e. The lowest BCUT2D eigenvalue weighted by atomic mass is 10.0. The standard InChI is InChI=1S/C22H18F3N5OS/c1-21(2)19(31)29(16-8-6-14(12-27)18(11-16)22(23,24)25)20(32)30(21)17-9-7-15(28-13-17)5-3-4-10-26/h6-9,11,13H,3-5H2,1-2H3. The van der Waals surface area contributed by atoms with Crippen molar-refractivity contribution in [2.24, 2.45) is 0 Å². The minimum Gasteiger partial charge on any atom is -0.302 e. The van der Waals surface area contributed by atoms with Crippen LogP contribution in [0.1, 0.15) is 43.5 Å². The Morgan fingerprint density at radius 2 is 1.84 bits per heavy atom. The number of nitriles is 2. The van der Waals surface area contributed by atoms with Gasteiger partial charge in [0.05, 0.1) is 40.8 Å². The van der Waals surface area contributed by atoms with Crippen molar-refractivity contribution in [3.63, 3.8) is 0 Å². The summed E-state index contributed by atoms with van der Waals surface area (Å²) in [6.07, 6.45) is -1.50. The van der Waals surface area contributed by atoms with Gasteiger partial charge in [-0.1, -0.05) is 0 Å². The summed E-state index contributed by atoms with van der Waals surface area (Å²) in [4.78, 5) is 20.1. The highest BCUT2D eigenvalue weighted by molar-refractivity contribution is 7.81. The number of halogens is 3. The molecule has 1 aliphatic heterocycles. The van der Waals surface area contributed by atoms with Gasteiger partial charge in [-0.05, 0) is 69.2 Å². The summed E-state index contributed by atoms with van der Waals surface area (Å²) in [5.41, 5.74) is -1.61. The molecule has 1 fully saturated rings. The third kappa shape index (κ3) is 4.14. The Morgan fingerprint density at radius 1 is 1.16 bits per heavy atom. The van der Waals surface area contributed by atoms with Gasteiger partial charge in [0.25, 0.3) is 5.91 Å². The summed E-state index contributed by atoms with van der Waals surface area (Å²) in [5.74, 6) is -0.501. The number of unbranched alkanes of at least 4 members (excludes halogenated alkanes) is 1. The van der Waals surface area contributed by atoms with Crippen LogP contribution in [0.25, 0.3) is 0 Å². The molecule has 1 aliphatic rings. The summed E-state index contributed by atoms with van der Waals surface area (Å²) in [6.45, 7) is 3.24. The zero-order valence-corrected chi connectivity index (χ0v) is 18.1. The van der Waals surface area contributed by atoms with E-state index in [1.54, 1.807) is 37.1 Å². The van der Waals surface area contributed by atoms with Crippen LogP contribution in [0.15, 0.2) is 36.5 Å². The first-order valence-electron chi connectivity index (χ1n) is 9.64. The second kappa shape index (κ2) is 8.56. The molecular formula is C22H18F3N5OS. The molecule has 1 amide bonds. The Morgan fingerprint density at radius 3 is 2.41 bits per heavy atom. The van der Waals surface area contributed by atoms with E-state index in [9.17, 15) is 18.0 Å². The number of amides is 1. The second-order valence-corrected chi connectivity index (χ2v) is 8.04. The highest BCUT2D eigenvalue weighted by atomic mass is 32.1. The van der Waals surface area contributed by atoms with E-state index in [0.717, 1.165) is 22.7 Å². The molecule has 1 aromatic carbocycles. The normalized spacial score (nSPS) is 15.6. The van der Waals surface area contributed by atoms with Gasteiger partial charge in [-0.2, -0.15) is 23.7 Å². The maximum Gasteiger partial charge on any atom is 0.417 e. The highest BCUT2D eigenvalue weighted by Crippen LogP contribution is 2.39. The van der Waals surface area contributed by atoms with Crippen LogP contribution in [0.2, 0.25) is 0 Å². The first-order valence-corrected chi connectivity index (χ1v) is 10.0. The molecule has 0 aliphatic carbocycles. The number of carbonyl (C=O) groups excluding carboxylic acids is 1. The average Bonchev–Trinajstić information content (AvgIpc) is 2.92. The fraction of sp³-hybridized carbons (Fsp3) is 0.318. The molecule has 6 nitrogen and oxygen atoms in total. The molecule has 1 saturated heterocycles. The van der Waals surface area contributed by atoms with Gasteiger partial charge in [0.15, 0.2) is 5.11 Å². The molecule has 10 heteroatoms. The zero-order valence-electron chi connectivity index (χ0n) is 17.3. The van der Waals surface area contributed by atoms with Crippen LogP contribution in [0.3, 0.4) is 0 Å². The van der Waals surface area contributed by atoms with Gasteiger partial charge in [0.1, 0.15) is 5.54 Å². The molecule has 164 valence electrons. The van der Waals surface area contributed by atoms with Crippen LogP contribution >= 0.6 is 12.2 Å². The van der Waals surface area contributed by atoms with E-state index in [2.05, 4.69) is 11.1 Å². The lowest BCUT2D eigenvalue weighted by molar-refractivity contribution is -0.137. The predicted molar refractivity (Wildman–Crippen MR) is 116 cm³/mol. The van der Waals surface area contributed by atoms with Crippen LogP contribution in [0, 0.1) is 22.7 Å². The largest absolute Gasteiger partial charge is 0.417 e. The van der Waals surface area contributed by atoms with E-state index in [4.69, 9.17) is 22.7 Å². The van der Waals surface area contributed by atoms with E-state index in [-0.39, 0.29) is 10.8 Å². The van der Waals surface area contributed by atoms with Crippen molar-refractivity contribution < 1.29 is 18.0 Å². The number of rotatable bonds is 5. The number of alkyl halides is 3. The fourth-order valence-electron chi connectivity index (χ4n) is 3.50. The number of anilines is 2. The average molecular weight is 457 g/mol. The van der Waals surface area contributed by atoms with Crippen molar-refractivity contribution in [3.8, 4) is 12.1 Å². The number of hydrogen-bond acceptors (Lipinski definition) is 5. The Kier molecular flexibility index (Phi) is 6.20. The van der Waals surface area contributed by atoms with E-state index in [0.29, 0.717) is 24.9 Å². The molecule has 0 unspecified atom stereocenters. The molecule has 0 radical (unpaired) electrons. The number of pyridine rings is 1.